The first-order valence-corrected chi connectivity index (χ1v) is 5.92. The van der Waals surface area contributed by atoms with Gasteiger partial charge in [0.25, 0.3) is 5.91 Å². The highest BCUT2D eigenvalue weighted by molar-refractivity contribution is 9.10. The van der Waals surface area contributed by atoms with Crippen molar-refractivity contribution < 1.29 is 9.90 Å². The van der Waals surface area contributed by atoms with Crippen LogP contribution in [0.15, 0.2) is 22.8 Å². The molecule has 3 heterocycles. The molecule has 1 aliphatic heterocycles. The van der Waals surface area contributed by atoms with Crippen LogP contribution < -0.4 is 0 Å². The Morgan fingerprint density at radius 3 is 2.94 bits per heavy atom. The number of carbonyl (C=O) groups is 1. The van der Waals surface area contributed by atoms with Gasteiger partial charge in [0.05, 0.1) is 6.10 Å². The average molecular weight is 297 g/mol. The summed E-state index contributed by atoms with van der Waals surface area (Å²) in [4.78, 5) is 13.6. The van der Waals surface area contributed by atoms with Crippen molar-refractivity contribution in [3.8, 4) is 0 Å². The molecule has 0 saturated carbocycles. The van der Waals surface area contributed by atoms with Crippen LogP contribution in [0, 0.1) is 0 Å². The number of fused-ring (bicyclic) bond motifs is 1. The second-order valence-electron chi connectivity index (χ2n) is 3.96. The molecular formula is C10H9BrN4O2. The van der Waals surface area contributed by atoms with Gasteiger partial charge < -0.3 is 10.0 Å². The molecule has 0 aromatic carbocycles. The molecule has 1 saturated heterocycles. The Bertz CT molecular complexity index is 591. The van der Waals surface area contributed by atoms with Crippen LogP contribution in [0.5, 0.6) is 0 Å². The number of pyridine rings is 1. The molecule has 7 heteroatoms. The fourth-order valence-corrected chi connectivity index (χ4v) is 2.10. The first-order chi connectivity index (χ1) is 8.15. The van der Waals surface area contributed by atoms with Gasteiger partial charge in [0.1, 0.15) is 0 Å². The average Bonchev–Trinajstić information content (AvgIpc) is 2.66. The fourth-order valence-electron chi connectivity index (χ4n) is 1.77. The van der Waals surface area contributed by atoms with Gasteiger partial charge in [0.2, 0.25) is 5.82 Å². The summed E-state index contributed by atoms with van der Waals surface area (Å²) in [5.74, 6) is 0.0736. The summed E-state index contributed by atoms with van der Waals surface area (Å²) >= 11 is 3.33. The molecule has 1 N–H and O–H groups in total. The molecule has 2 aromatic heterocycles. The molecule has 0 atom stereocenters. The largest absolute Gasteiger partial charge is 0.389 e. The third-order valence-corrected chi connectivity index (χ3v) is 3.21. The van der Waals surface area contributed by atoms with Crippen LogP contribution in [-0.4, -0.2) is 49.7 Å². The van der Waals surface area contributed by atoms with Crippen molar-refractivity contribution in [3.05, 3.63) is 28.6 Å². The number of likely N-dealkylation sites (tertiary alicyclic amines) is 1. The summed E-state index contributed by atoms with van der Waals surface area (Å²) < 4.78 is 2.52. The van der Waals surface area contributed by atoms with E-state index in [-0.39, 0.29) is 11.7 Å². The number of hydrogen-bond acceptors (Lipinski definition) is 4. The van der Waals surface area contributed by atoms with Gasteiger partial charge >= 0.3 is 0 Å². The number of amides is 1. The van der Waals surface area contributed by atoms with E-state index in [1.54, 1.807) is 21.6 Å². The molecule has 88 valence electrons. The molecule has 1 aliphatic rings. The number of carbonyl (C=O) groups excluding carboxylic acids is 1. The maximum atomic E-state index is 12.0. The predicted molar refractivity (Wildman–Crippen MR) is 62.6 cm³/mol. The Hall–Kier alpha value is -1.47. The summed E-state index contributed by atoms with van der Waals surface area (Å²) in [5.41, 5.74) is 0.615. The molecular weight excluding hydrogens is 288 g/mol. The Morgan fingerprint density at radius 1 is 1.47 bits per heavy atom. The lowest BCUT2D eigenvalue weighted by atomic mass is 10.1. The lowest BCUT2D eigenvalue weighted by molar-refractivity contribution is 0.00499. The van der Waals surface area contributed by atoms with E-state index in [2.05, 4.69) is 26.1 Å². The van der Waals surface area contributed by atoms with Crippen molar-refractivity contribution in [2.75, 3.05) is 13.1 Å². The molecule has 1 fully saturated rings. The maximum absolute atomic E-state index is 12.0. The van der Waals surface area contributed by atoms with Gasteiger partial charge in [-0.05, 0) is 12.1 Å². The zero-order valence-electron chi connectivity index (χ0n) is 8.75. The van der Waals surface area contributed by atoms with Crippen LogP contribution in [0.2, 0.25) is 0 Å². The van der Waals surface area contributed by atoms with Gasteiger partial charge in [-0.1, -0.05) is 15.9 Å². The van der Waals surface area contributed by atoms with E-state index in [0.717, 1.165) is 4.47 Å². The van der Waals surface area contributed by atoms with E-state index in [0.29, 0.717) is 18.7 Å². The summed E-state index contributed by atoms with van der Waals surface area (Å²) in [7, 11) is 0. The zero-order valence-corrected chi connectivity index (χ0v) is 10.3. The molecule has 0 aliphatic carbocycles. The Morgan fingerprint density at radius 2 is 2.24 bits per heavy atom. The predicted octanol–water partition coefficient (Wildman–Crippen LogP) is 0.308. The normalized spacial score (nSPS) is 16.2. The quantitative estimate of drug-likeness (QED) is 0.822. The summed E-state index contributed by atoms with van der Waals surface area (Å²) in [6.07, 6.45) is 1.33. The number of aliphatic hydroxyl groups excluding tert-OH is 1. The second-order valence-corrected chi connectivity index (χ2v) is 4.88. The van der Waals surface area contributed by atoms with Crippen LogP contribution in [0.3, 0.4) is 0 Å². The Labute approximate surface area is 105 Å². The highest BCUT2D eigenvalue weighted by Crippen LogP contribution is 2.16. The van der Waals surface area contributed by atoms with Crippen molar-refractivity contribution in [1.82, 2.24) is 19.5 Å². The van der Waals surface area contributed by atoms with Gasteiger partial charge in [0.15, 0.2) is 5.65 Å². The van der Waals surface area contributed by atoms with Gasteiger partial charge in [-0.3, -0.25) is 9.20 Å². The van der Waals surface area contributed by atoms with Crippen molar-refractivity contribution >= 4 is 27.5 Å². The second kappa shape index (κ2) is 3.78. The molecule has 17 heavy (non-hydrogen) atoms. The van der Waals surface area contributed by atoms with Crippen LogP contribution in [-0.2, 0) is 0 Å². The minimum atomic E-state index is -0.410. The third kappa shape index (κ3) is 1.71. The Kier molecular flexibility index (Phi) is 2.37. The maximum Gasteiger partial charge on any atom is 0.292 e. The molecule has 0 unspecified atom stereocenters. The minimum absolute atomic E-state index is 0.204. The highest BCUT2D eigenvalue weighted by atomic mass is 79.9. The summed E-state index contributed by atoms with van der Waals surface area (Å²) in [6, 6.07) is 3.60. The molecule has 6 nitrogen and oxygen atoms in total. The molecule has 0 radical (unpaired) electrons. The monoisotopic (exact) mass is 296 g/mol. The van der Waals surface area contributed by atoms with E-state index in [9.17, 15) is 9.90 Å². The van der Waals surface area contributed by atoms with Gasteiger partial charge in [-0.25, -0.2) is 0 Å². The summed E-state index contributed by atoms with van der Waals surface area (Å²) in [5, 5.41) is 17.0. The summed E-state index contributed by atoms with van der Waals surface area (Å²) in [6.45, 7) is 0.731. The minimum Gasteiger partial charge on any atom is -0.389 e. The Balaban J connectivity index is 1.98. The topological polar surface area (TPSA) is 70.7 Å². The van der Waals surface area contributed by atoms with Crippen molar-refractivity contribution in [2.24, 2.45) is 0 Å². The number of halogens is 1. The van der Waals surface area contributed by atoms with Crippen LogP contribution >= 0.6 is 15.9 Å². The van der Waals surface area contributed by atoms with E-state index in [1.165, 1.54) is 0 Å². The number of hydrogen-bond donors (Lipinski definition) is 1. The molecule has 2 aromatic rings. The van der Waals surface area contributed by atoms with Crippen molar-refractivity contribution in [2.45, 2.75) is 6.10 Å². The number of β-amino-alcohol motifs (C(OH)–C–C–N with tert-alkyl or cyclic N) is 1. The van der Waals surface area contributed by atoms with E-state index in [1.807, 2.05) is 6.07 Å². The number of rotatable bonds is 1. The fraction of sp³-hybridized carbons (Fsp3) is 0.300. The van der Waals surface area contributed by atoms with Crippen molar-refractivity contribution in [1.29, 1.82) is 0 Å². The molecule has 1 amide bonds. The number of aliphatic hydroxyl groups is 1. The smallest absolute Gasteiger partial charge is 0.292 e. The standard InChI is InChI=1S/C10H9BrN4O2/c11-6-1-2-15-8(3-6)12-13-9(15)10(17)14-4-7(16)5-14/h1-3,7,16H,4-5H2. The number of aromatic nitrogens is 3. The molecule has 0 spiro atoms. The van der Waals surface area contributed by atoms with E-state index in [4.69, 9.17) is 0 Å². The SMILES string of the molecule is O=C(c1nnc2cc(Br)ccn12)N1CC(O)C1. The first kappa shape index (κ1) is 10.7. The van der Waals surface area contributed by atoms with Gasteiger partial charge in [-0.15, -0.1) is 10.2 Å². The van der Waals surface area contributed by atoms with Crippen molar-refractivity contribution in [3.63, 3.8) is 0 Å². The van der Waals surface area contributed by atoms with Crippen LogP contribution in [0.25, 0.3) is 5.65 Å². The van der Waals surface area contributed by atoms with E-state index < -0.39 is 6.10 Å². The highest BCUT2D eigenvalue weighted by Gasteiger charge is 2.31. The lowest BCUT2D eigenvalue weighted by Gasteiger charge is -2.35. The zero-order chi connectivity index (χ0) is 12.0. The van der Waals surface area contributed by atoms with E-state index >= 15 is 0 Å². The first-order valence-electron chi connectivity index (χ1n) is 5.13. The van der Waals surface area contributed by atoms with Crippen LogP contribution in [0.4, 0.5) is 0 Å². The molecule has 3 rings (SSSR count). The third-order valence-electron chi connectivity index (χ3n) is 2.71. The number of nitrogens with zero attached hydrogens (tertiary/aromatic N) is 4. The lowest BCUT2D eigenvalue weighted by Crippen LogP contribution is -2.53. The van der Waals surface area contributed by atoms with Gasteiger partial charge in [0, 0.05) is 23.8 Å². The van der Waals surface area contributed by atoms with Crippen LogP contribution in [0.1, 0.15) is 10.6 Å². The molecule has 0 bridgehead atoms. The van der Waals surface area contributed by atoms with Gasteiger partial charge in [-0.2, -0.15) is 0 Å².